The molecule has 30 heavy (non-hydrogen) atoms. The minimum atomic E-state index is -2.41. The van der Waals surface area contributed by atoms with E-state index in [-0.39, 0.29) is 5.41 Å². The summed E-state index contributed by atoms with van der Waals surface area (Å²) >= 11 is -2.41. The van der Waals surface area contributed by atoms with E-state index in [0.29, 0.717) is 0 Å². The number of fused-ring (bicyclic) bond motifs is 3. The van der Waals surface area contributed by atoms with Crippen molar-refractivity contribution in [1.82, 2.24) is 0 Å². The van der Waals surface area contributed by atoms with Gasteiger partial charge in [0, 0.05) is 0 Å². The molecule has 0 saturated heterocycles. The molecule has 0 radical (unpaired) electrons. The van der Waals surface area contributed by atoms with Crippen molar-refractivity contribution in [2.75, 3.05) is 0 Å². The first-order chi connectivity index (χ1) is 14.4. The molecule has 1 heterocycles. The van der Waals surface area contributed by atoms with Crippen LogP contribution in [0.2, 0.25) is 0 Å². The van der Waals surface area contributed by atoms with Gasteiger partial charge < -0.3 is 0 Å². The fourth-order valence-electron chi connectivity index (χ4n) is 4.81. The average molecular weight is 585 g/mol. The van der Waals surface area contributed by atoms with Crippen LogP contribution in [0.3, 0.4) is 0 Å². The Bertz CT molecular complexity index is 1210. The predicted molar refractivity (Wildman–Crippen MR) is 132 cm³/mol. The van der Waals surface area contributed by atoms with Crippen LogP contribution in [0.5, 0.6) is 0 Å². The van der Waals surface area contributed by atoms with Crippen LogP contribution in [-0.2, 0) is 5.41 Å². The van der Waals surface area contributed by atoms with Crippen molar-refractivity contribution < 1.29 is 0 Å². The van der Waals surface area contributed by atoms with Gasteiger partial charge in [0.05, 0.1) is 0 Å². The van der Waals surface area contributed by atoms with Crippen molar-refractivity contribution in [3.63, 3.8) is 0 Å². The van der Waals surface area contributed by atoms with Crippen LogP contribution < -0.4 is 9.81 Å². The molecule has 0 saturated carbocycles. The van der Waals surface area contributed by atoms with Crippen LogP contribution >= 0.6 is 0 Å². The molecule has 0 nitrogen and oxygen atoms in total. The molecule has 0 aliphatic carbocycles. The summed E-state index contributed by atoms with van der Waals surface area (Å²) in [7, 11) is 0. The Labute approximate surface area is 188 Å². The fourth-order valence-corrected chi connectivity index (χ4v) is 16.9. The molecule has 0 N–H and O–H groups in total. The van der Waals surface area contributed by atoms with Gasteiger partial charge in [0.25, 0.3) is 0 Å². The van der Waals surface area contributed by atoms with E-state index in [9.17, 15) is 0 Å². The van der Waals surface area contributed by atoms with E-state index < -0.39 is 21.8 Å². The molecular weight excluding hydrogens is 557 g/mol. The van der Waals surface area contributed by atoms with Gasteiger partial charge in [-0.3, -0.25) is 0 Å². The molecule has 1 heteroatoms. The normalized spacial score (nSPS) is 13.2. The van der Waals surface area contributed by atoms with E-state index in [1.54, 1.807) is 15.4 Å². The second-order valence-electron chi connectivity index (χ2n) is 9.17. The van der Waals surface area contributed by atoms with Gasteiger partial charge in [-0.15, -0.1) is 0 Å². The molecule has 0 atom stereocenters. The fraction of sp³-hybridized carbons (Fsp3) is 0.172. The third-order valence-corrected chi connectivity index (χ3v) is 16.0. The van der Waals surface area contributed by atoms with Gasteiger partial charge in [-0.1, -0.05) is 0 Å². The van der Waals surface area contributed by atoms with Gasteiger partial charge in [0.2, 0.25) is 0 Å². The zero-order valence-corrected chi connectivity index (χ0v) is 21.6. The molecule has 0 aromatic heterocycles. The number of aryl methyl sites for hydroxylation is 1. The summed E-state index contributed by atoms with van der Waals surface area (Å²) in [5.41, 5.74) is 8.76. The Balaban J connectivity index is 1.81. The van der Waals surface area contributed by atoms with Gasteiger partial charge in [0.1, 0.15) is 0 Å². The van der Waals surface area contributed by atoms with Gasteiger partial charge in [-0.05, 0) is 0 Å². The summed E-state index contributed by atoms with van der Waals surface area (Å²) in [5.74, 6) is 0. The summed E-state index contributed by atoms with van der Waals surface area (Å²) < 4.78 is 4.90. The van der Waals surface area contributed by atoms with Crippen LogP contribution in [0.25, 0.3) is 22.3 Å². The van der Waals surface area contributed by atoms with E-state index >= 15 is 0 Å². The molecule has 5 rings (SSSR count). The van der Waals surface area contributed by atoms with Crippen molar-refractivity contribution in [1.29, 1.82) is 0 Å². The van der Waals surface area contributed by atoms with Gasteiger partial charge in [-0.2, -0.15) is 0 Å². The number of hydrogen-bond acceptors (Lipinski definition) is 0. The van der Waals surface area contributed by atoms with Gasteiger partial charge >= 0.3 is 189 Å². The Morgan fingerprint density at radius 2 is 1.27 bits per heavy atom. The Morgan fingerprint density at radius 1 is 0.633 bits per heavy atom. The van der Waals surface area contributed by atoms with E-state index in [2.05, 4.69) is 119 Å². The molecule has 148 valence electrons. The first kappa shape index (κ1) is 19.7. The summed E-state index contributed by atoms with van der Waals surface area (Å²) in [6, 6.07) is 34.1. The third kappa shape index (κ3) is 3.25. The van der Waals surface area contributed by atoms with E-state index in [1.807, 2.05) is 0 Å². The van der Waals surface area contributed by atoms with Crippen molar-refractivity contribution in [2.24, 2.45) is 0 Å². The molecular formula is C29H27Bi. The van der Waals surface area contributed by atoms with E-state index in [4.69, 9.17) is 0 Å². The molecule has 4 aromatic carbocycles. The van der Waals surface area contributed by atoms with Crippen molar-refractivity contribution in [3.8, 4) is 22.3 Å². The number of hydrogen-bond donors (Lipinski definition) is 0. The molecule has 0 bridgehead atoms. The molecule has 1 aliphatic rings. The maximum absolute atomic E-state index is 2.51. The minimum absolute atomic E-state index is 0.141. The first-order valence-corrected chi connectivity index (χ1v) is 15.9. The molecule has 1 aliphatic heterocycles. The SMILES string of the molecule is Cc1ccc2[c](c1C(C)(C)C)[Bi]([c]1ccccc1)[c]1cc(-c3ccccc3)ccc1-2. The number of benzene rings is 4. The number of rotatable bonds is 2. The Hall–Kier alpha value is -2.24. The summed E-state index contributed by atoms with van der Waals surface area (Å²) in [6.45, 7) is 9.43. The zero-order chi connectivity index (χ0) is 20.9. The standard InChI is InChI=1S/C23H22.C6H5.Bi/c1-17-10-11-21(16-22(17)23(2,3)4)20-14-12-19(13-15-20)18-8-6-5-7-9-18;1-2-4-6-5-3-1;/h5-14H,1-4H3;1-5H;. The summed E-state index contributed by atoms with van der Waals surface area (Å²) in [5, 5.41) is 0. The van der Waals surface area contributed by atoms with Crippen molar-refractivity contribution in [3.05, 3.63) is 102 Å². The van der Waals surface area contributed by atoms with Gasteiger partial charge in [0.15, 0.2) is 0 Å². The Morgan fingerprint density at radius 3 is 1.93 bits per heavy atom. The van der Waals surface area contributed by atoms with Crippen molar-refractivity contribution >= 4 is 31.6 Å². The van der Waals surface area contributed by atoms with Crippen LogP contribution in [-0.4, -0.2) is 21.8 Å². The third-order valence-electron chi connectivity index (χ3n) is 6.01. The molecule has 0 fully saturated rings. The quantitative estimate of drug-likeness (QED) is 0.242. The molecule has 0 unspecified atom stereocenters. The monoisotopic (exact) mass is 584 g/mol. The summed E-state index contributed by atoms with van der Waals surface area (Å²) in [6.07, 6.45) is 0. The van der Waals surface area contributed by atoms with Crippen LogP contribution in [0, 0.1) is 6.92 Å². The average Bonchev–Trinajstić information content (AvgIpc) is 3.07. The molecule has 0 amide bonds. The Kier molecular flexibility index (Phi) is 4.91. The van der Waals surface area contributed by atoms with Gasteiger partial charge in [-0.25, -0.2) is 0 Å². The van der Waals surface area contributed by atoms with Crippen molar-refractivity contribution in [2.45, 2.75) is 33.1 Å². The van der Waals surface area contributed by atoms with E-state index in [1.165, 1.54) is 27.8 Å². The molecule has 0 spiro atoms. The van der Waals surface area contributed by atoms with E-state index in [0.717, 1.165) is 0 Å². The zero-order valence-electron chi connectivity index (χ0n) is 18.1. The second-order valence-corrected chi connectivity index (χ2v) is 17.4. The maximum atomic E-state index is 2.51. The molecule has 4 aromatic rings. The van der Waals surface area contributed by atoms with Crippen LogP contribution in [0.4, 0.5) is 0 Å². The summed E-state index contributed by atoms with van der Waals surface area (Å²) in [4.78, 5) is 0. The first-order valence-electron chi connectivity index (χ1n) is 10.6. The van der Waals surface area contributed by atoms with Crippen LogP contribution in [0.1, 0.15) is 31.9 Å². The topological polar surface area (TPSA) is 0 Å². The second kappa shape index (κ2) is 7.47. The predicted octanol–water partition coefficient (Wildman–Crippen LogP) is 5.46. The van der Waals surface area contributed by atoms with Crippen LogP contribution in [0.15, 0.2) is 91.0 Å².